The molecule has 0 amide bonds. The minimum absolute atomic E-state index is 0.0244. The summed E-state index contributed by atoms with van der Waals surface area (Å²) in [4.78, 5) is 27.5. The van der Waals surface area contributed by atoms with E-state index in [1.165, 1.54) is 38.5 Å². The van der Waals surface area contributed by atoms with E-state index in [9.17, 15) is 9.59 Å². The lowest BCUT2D eigenvalue weighted by Crippen LogP contribution is -2.54. The predicted molar refractivity (Wildman–Crippen MR) is 131 cm³/mol. The van der Waals surface area contributed by atoms with E-state index in [2.05, 4.69) is 32.6 Å². The Balaban J connectivity index is 1.19. The number of rotatable bonds is 4. The molecule has 0 unspecified atom stereocenters. The van der Waals surface area contributed by atoms with Crippen molar-refractivity contribution >= 4 is 11.8 Å². The molecule has 5 rings (SSSR count). The van der Waals surface area contributed by atoms with Crippen LogP contribution in [0, 0.1) is 46.3 Å². The Labute approximate surface area is 201 Å². The average Bonchev–Trinajstić information content (AvgIpc) is 3.08. The molecule has 186 valence electrons. The van der Waals surface area contributed by atoms with Crippen molar-refractivity contribution in [3.8, 4) is 0 Å². The van der Waals surface area contributed by atoms with Crippen LogP contribution in [0.25, 0.3) is 0 Å². The van der Waals surface area contributed by atoms with E-state index in [4.69, 9.17) is 4.74 Å². The van der Waals surface area contributed by atoms with Crippen molar-refractivity contribution in [1.82, 2.24) is 4.90 Å². The molecule has 1 saturated heterocycles. The normalized spacial score (nSPS) is 48.0. The van der Waals surface area contributed by atoms with Gasteiger partial charge in [0.05, 0.1) is 6.42 Å². The Bertz CT molecular complexity index is 756. The third-order valence-electron chi connectivity index (χ3n) is 11.2. The van der Waals surface area contributed by atoms with Crippen molar-refractivity contribution in [2.24, 2.45) is 46.3 Å². The topological polar surface area (TPSA) is 46.6 Å². The number of hydrogen-bond donors (Lipinski definition) is 0. The van der Waals surface area contributed by atoms with E-state index >= 15 is 0 Å². The van der Waals surface area contributed by atoms with Crippen LogP contribution >= 0.6 is 0 Å². The van der Waals surface area contributed by atoms with E-state index in [0.29, 0.717) is 29.5 Å². The molecule has 33 heavy (non-hydrogen) atoms. The monoisotopic (exact) mass is 457 g/mol. The van der Waals surface area contributed by atoms with E-state index in [0.717, 1.165) is 69.0 Å². The molecule has 0 N–H and O–H groups in total. The first-order chi connectivity index (χ1) is 15.7. The van der Waals surface area contributed by atoms with Gasteiger partial charge in [-0.1, -0.05) is 27.7 Å². The second kappa shape index (κ2) is 8.95. The van der Waals surface area contributed by atoms with Gasteiger partial charge in [0.25, 0.3) is 0 Å². The highest BCUT2D eigenvalue weighted by molar-refractivity contribution is 5.79. The molecule has 4 saturated carbocycles. The van der Waals surface area contributed by atoms with Gasteiger partial charge >= 0.3 is 5.97 Å². The second-order valence-electron chi connectivity index (χ2n) is 13.5. The van der Waals surface area contributed by atoms with Crippen molar-refractivity contribution in [3.05, 3.63) is 0 Å². The molecular formula is C29H47NO3. The van der Waals surface area contributed by atoms with Crippen LogP contribution in [0.5, 0.6) is 0 Å². The number of hydrogen-bond acceptors (Lipinski definition) is 4. The number of carbonyl (C=O) groups is 2. The third kappa shape index (κ3) is 4.32. The Morgan fingerprint density at radius 1 is 0.970 bits per heavy atom. The van der Waals surface area contributed by atoms with Crippen LogP contribution in [0.4, 0.5) is 0 Å². The van der Waals surface area contributed by atoms with Crippen LogP contribution in [-0.2, 0) is 14.3 Å². The van der Waals surface area contributed by atoms with Gasteiger partial charge in [-0.25, -0.2) is 0 Å². The molecule has 0 radical (unpaired) electrons. The summed E-state index contributed by atoms with van der Waals surface area (Å²) in [7, 11) is 0. The molecular weight excluding hydrogens is 410 g/mol. The molecule has 1 heterocycles. The van der Waals surface area contributed by atoms with Crippen molar-refractivity contribution in [3.63, 3.8) is 0 Å². The molecule has 0 spiro atoms. The molecule has 1 aliphatic heterocycles. The molecule has 9 atom stereocenters. The highest BCUT2D eigenvalue weighted by atomic mass is 16.5. The lowest BCUT2D eigenvalue weighted by atomic mass is 9.45. The number of fused-ring (bicyclic) bond motifs is 5. The summed E-state index contributed by atoms with van der Waals surface area (Å²) in [5, 5.41) is 0. The van der Waals surface area contributed by atoms with Gasteiger partial charge in [-0.05, 0) is 92.3 Å². The number of carbonyl (C=O) groups excluding carboxylic acids is 2. The lowest BCUT2D eigenvalue weighted by Gasteiger charge is -2.60. The van der Waals surface area contributed by atoms with Gasteiger partial charge in [0.2, 0.25) is 0 Å². The summed E-state index contributed by atoms with van der Waals surface area (Å²) in [5.41, 5.74) is 0.508. The van der Waals surface area contributed by atoms with Crippen LogP contribution in [0.2, 0.25) is 0 Å². The van der Waals surface area contributed by atoms with Gasteiger partial charge in [0.1, 0.15) is 11.9 Å². The van der Waals surface area contributed by atoms with Crippen molar-refractivity contribution in [2.75, 3.05) is 19.6 Å². The molecule has 4 nitrogen and oxygen atoms in total. The number of likely N-dealkylation sites (tertiary alicyclic amines) is 1. The zero-order valence-electron chi connectivity index (χ0n) is 21.6. The Morgan fingerprint density at radius 2 is 1.70 bits per heavy atom. The van der Waals surface area contributed by atoms with Gasteiger partial charge in [-0.15, -0.1) is 0 Å². The Morgan fingerprint density at radius 3 is 2.45 bits per heavy atom. The summed E-state index contributed by atoms with van der Waals surface area (Å²) in [6.07, 6.45) is 11.9. The Hall–Kier alpha value is -0.900. The molecule has 0 aromatic rings. The van der Waals surface area contributed by atoms with E-state index in [1.54, 1.807) is 0 Å². The van der Waals surface area contributed by atoms with E-state index < -0.39 is 0 Å². The maximum absolute atomic E-state index is 12.9. The molecule has 0 bridgehead atoms. The van der Waals surface area contributed by atoms with Crippen LogP contribution in [-0.4, -0.2) is 42.4 Å². The summed E-state index contributed by atoms with van der Waals surface area (Å²) in [5.74, 6) is 4.81. The van der Waals surface area contributed by atoms with Crippen molar-refractivity contribution in [2.45, 2.75) is 104 Å². The summed E-state index contributed by atoms with van der Waals surface area (Å²) < 4.78 is 6.24. The quantitative estimate of drug-likeness (QED) is 0.495. The molecule has 4 heteroatoms. The zero-order chi connectivity index (χ0) is 23.4. The number of esters is 1. The molecule has 4 aliphatic carbocycles. The molecule has 0 aromatic heterocycles. The number of piperidine rings is 1. The smallest absolute Gasteiger partial charge is 0.307 e. The zero-order valence-corrected chi connectivity index (χ0v) is 21.6. The van der Waals surface area contributed by atoms with Gasteiger partial charge in [0.15, 0.2) is 0 Å². The summed E-state index contributed by atoms with van der Waals surface area (Å²) in [6, 6.07) is 0. The minimum Gasteiger partial charge on any atom is -0.462 e. The van der Waals surface area contributed by atoms with Crippen LogP contribution in [0.15, 0.2) is 0 Å². The van der Waals surface area contributed by atoms with Crippen LogP contribution < -0.4 is 0 Å². The highest BCUT2D eigenvalue weighted by Gasteiger charge is 2.61. The van der Waals surface area contributed by atoms with Gasteiger partial charge in [-0.2, -0.15) is 0 Å². The van der Waals surface area contributed by atoms with Crippen molar-refractivity contribution in [1.29, 1.82) is 0 Å². The maximum atomic E-state index is 12.9. The number of ketones is 1. The minimum atomic E-state index is 0.0244. The fourth-order valence-corrected chi connectivity index (χ4v) is 9.63. The number of ether oxygens (including phenoxy) is 1. The van der Waals surface area contributed by atoms with Crippen LogP contribution in [0.3, 0.4) is 0 Å². The van der Waals surface area contributed by atoms with Crippen LogP contribution in [0.1, 0.15) is 98.3 Å². The van der Waals surface area contributed by atoms with Crippen molar-refractivity contribution < 1.29 is 14.3 Å². The summed E-state index contributed by atoms with van der Waals surface area (Å²) in [6.45, 7) is 12.7. The lowest BCUT2D eigenvalue weighted by molar-refractivity contribution is -0.164. The first-order valence-electron chi connectivity index (χ1n) is 14.1. The standard InChI is InChI=1S/C29H47NO3/c1-19-15-20(2)18-30(17-19)14-11-27(32)33-26-8-7-24-23-6-5-21-16-22(31)9-12-28(21,3)25(23)10-13-29(24,26)4/h19-21,23-26H,5-18H2,1-4H3/t19-,20-,21+,23+,24+,25+,26-,28+,29+/m1/s1. The SMILES string of the molecule is C[C@@H]1C[C@@H](C)CN(CCC(=O)O[C@@H]2CC[C@H]3[C@@H]4CC[C@H]5CC(=O)CC[C@]5(C)[C@H]4CC[C@]23C)C1. The van der Waals surface area contributed by atoms with E-state index in [-0.39, 0.29) is 17.5 Å². The maximum Gasteiger partial charge on any atom is 0.307 e. The fraction of sp³-hybridized carbons (Fsp3) is 0.931. The van der Waals surface area contributed by atoms with Gasteiger partial charge in [0, 0.05) is 37.9 Å². The highest BCUT2D eigenvalue weighted by Crippen LogP contribution is 2.66. The molecule has 5 fully saturated rings. The number of nitrogens with zero attached hydrogens (tertiary/aromatic N) is 1. The van der Waals surface area contributed by atoms with Gasteiger partial charge in [-0.3, -0.25) is 9.59 Å². The third-order valence-corrected chi connectivity index (χ3v) is 11.2. The first-order valence-corrected chi connectivity index (χ1v) is 14.1. The fourth-order valence-electron chi connectivity index (χ4n) is 9.63. The average molecular weight is 458 g/mol. The second-order valence-corrected chi connectivity index (χ2v) is 13.5. The largest absolute Gasteiger partial charge is 0.462 e. The predicted octanol–water partition coefficient (Wildman–Crippen LogP) is 5.88. The van der Waals surface area contributed by atoms with E-state index in [1.807, 2.05) is 0 Å². The summed E-state index contributed by atoms with van der Waals surface area (Å²) >= 11 is 0. The Kier molecular flexibility index (Phi) is 6.46. The molecule has 0 aromatic carbocycles. The molecule has 5 aliphatic rings. The van der Waals surface area contributed by atoms with Gasteiger partial charge < -0.3 is 9.64 Å². The number of Topliss-reactive ketones (excluding diaryl/α,β-unsaturated/α-hetero) is 1. The first kappa shape index (κ1) is 23.8.